The molecule has 1 atom stereocenters. The molecule has 0 radical (unpaired) electrons. The molecule has 0 bridgehead atoms. The molecule has 0 aliphatic carbocycles. The van der Waals surface area contributed by atoms with Gasteiger partial charge in [0.25, 0.3) is 0 Å². The molecule has 7 heteroatoms. The molecule has 0 spiro atoms. The van der Waals surface area contributed by atoms with Crippen LogP contribution in [0.1, 0.15) is 38.7 Å². The van der Waals surface area contributed by atoms with Crippen molar-refractivity contribution < 1.29 is 14.7 Å². The van der Waals surface area contributed by atoms with Crippen LogP contribution < -0.4 is 5.32 Å². The van der Waals surface area contributed by atoms with Crippen molar-refractivity contribution >= 4 is 23.6 Å². The van der Waals surface area contributed by atoms with Crippen molar-refractivity contribution in [3.63, 3.8) is 0 Å². The van der Waals surface area contributed by atoms with Crippen LogP contribution in [0.3, 0.4) is 0 Å². The van der Waals surface area contributed by atoms with Gasteiger partial charge < -0.3 is 15.3 Å². The van der Waals surface area contributed by atoms with Crippen molar-refractivity contribution in [3.05, 3.63) is 34.9 Å². The van der Waals surface area contributed by atoms with Gasteiger partial charge in [0.2, 0.25) is 0 Å². The molecule has 27 heavy (non-hydrogen) atoms. The lowest BCUT2D eigenvalue weighted by atomic mass is 9.84. The molecule has 2 rings (SSSR count). The fourth-order valence-corrected chi connectivity index (χ4v) is 3.97. The third kappa shape index (κ3) is 6.11. The highest BCUT2D eigenvalue weighted by molar-refractivity contribution is 6.31. The molecular weight excluding hydrogens is 366 g/mol. The molecule has 1 aliphatic heterocycles. The van der Waals surface area contributed by atoms with Crippen molar-refractivity contribution in [3.8, 4) is 0 Å². The van der Waals surface area contributed by atoms with Crippen LogP contribution in [0.4, 0.5) is 4.79 Å². The predicted octanol–water partition coefficient (Wildman–Crippen LogP) is 3.20. The first-order valence-electron chi connectivity index (χ1n) is 9.40. The number of benzene rings is 1. The van der Waals surface area contributed by atoms with Crippen LogP contribution in [0, 0.1) is 0 Å². The number of amides is 2. The van der Waals surface area contributed by atoms with Crippen molar-refractivity contribution in [2.45, 2.75) is 44.6 Å². The monoisotopic (exact) mass is 395 g/mol. The Morgan fingerprint density at radius 2 is 2.00 bits per heavy atom. The molecule has 1 aliphatic rings. The number of carbonyl (C=O) groups is 2. The highest BCUT2D eigenvalue weighted by atomic mass is 35.5. The summed E-state index contributed by atoms with van der Waals surface area (Å²) in [6.07, 6.45) is 2.56. The third-order valence-corrected chi connectivity index (χ3v) is 5.61. The summed E-state index contributed by atoms with van der Waals surface area (Å²) in [5.41, 5.74) is 0.738. The maximum Gasteiger partial charge on any atom is 0.317 e. The molecule has 150 valence electrons. The van der Waals surface area contributed by atoms with Gasteiger partial charge in [-0.25, -0.2) is 4.79 Å². The van der Waals surface area contributed by atoms with E-state index in [-0.39, 0.29) is 24.0 Å². The average Bonchev–Trinajstić information content (AvgIpc) is 2.85. The summed E-state index contributed by atoms with van der Waals surface area (Å²) in [6.45, 7) is 5.97. The van der Waals surface area contributed by atoms with Crippen LogP contribution in [0.15, 0.2) is 24.3 Å². The number of likely N-dealkylation sites (N-methyl/N-ethyl adjacent to an activating group) is 1. The van der Waals surface area contributed by atoms with E-state index >= 15 is 0 Å². The van der Waals surface area contributed by atoms with Crippen LogP contribution in [0.25, 0.3) is 0 Å². The Hall–Kier alpha value is -1.79. The Labute approximate surface area is 166 Å². The van der Waals surface area contributed by atoms with Gasteiger partial charge in [0.05, 0.1) is 6.54 Å². The SMILES string of the molecule is CN(CC(=O)O)C1CCCN(C(=O)NCC(C)(C)c2ccccc2Cl)CC1. The first-order valence-corrected chi connectivity index (χ1v) is 9.78. The fraction of sp³-hybridized carbons (Fsp3) is 0.600. The molecule has 6 nitrogen and oxygen atoms in total. The van der Waals surface area contributed by atoms with Gasteiger partial charge in [-0.3, -0.25) is 9.69 Å². The maximum atomic E-state index is 12.6. The van der Waals surface area contributed by atoms with E-state index in [0.29, 0.717) is 24.7 Å². The van der Waals surface area contributed by atoms with Crippen LogP contribution in [0.2, 0.25) is 5.02 Å². The Morgan fingerprint density at radius 1 is 1.30 bits per heavy atom. The van der Waals surface area contributed by atoms with E-state index < -0.39 is 5.97 Å². The Morgan fingerprint density at radius 3 is 2.67 bits per heavy atom. The Balaban J connectivity index is 1.89. The smallest absolute Gasteiger partial charge is 0.317 e. The van der Waals surface area contributed by atoms with Crippen LogP contribution in [-0.2, 0) is 10.2 Å². The summed E-state index contributed by atoms with van der Waals surface area (Å²) in [6, 6.07) is 7.82. The summed E-state index contributed by atoms with van der Waals surface area (Å²) in [7, 11) is 1.83. The fourth-order valence-electron chi connectivity index (χ4n) is 3.58. The summed E-state index contributed by atoms with van der Waals surface area (Å²) in [4.78, 5) is 27.2. The van der Waals surface area contributed by atoms with Crippen molar-refractivity contribution in [2.24, 2.45) is 0 Å². The van der Waals surface area contributed by atoms with E-state index in [9.17, 15) is 9.59 Å². The molecule has 2 N–H and O–H groups in total. The zero-order chi connectivity index (χ0) is 20.0. The lowest BCUT2D eigenvalue weighted by molar-refractivity contribution is -0.138. The molecule has 1 aromatic rings. The normalized spacial score (nSPS) is 18.3. The van der Waals surface area contributed by atoms with Crippen LogP contribution in [-0.4, -0.2) is 66.2 Å². The van der Waals surface area contributed by atoms with Gasteiger partial charge >= 0.3 is 12.0 Å². The van der Waals surface area contributed by atoms with Crippen molar-refractivity contribution in [2.75, 3.05) is 33.2 Å². The number of nitrogens with one attached hydrogen (secondary N) is 1. The molecule has 1 saturated heterocycles. The minimum atomic E-state index is -0.821. The van der Waals surface area contributed by atoms with Gasteiger partial charge in [-0.1, -0.05) is 43.6 Å². The molecule has 1 heterocycles. The number of hydrogen-bond acceptors (Lipinski definition) is 3. The second kappa shape index (κ2) is 9.42. The van der Waals surface area contributed by atoms with Gasteiger partial charge in [-0.2, -0.15) is 0 Å². The van der Waals surface area contributed by atoms with E-state index in [4.69, 9.17) is 16.7 Å². The Kier molecular flexibility index (Phi) is 7.50. The van der Waals surface area contributed by atoms with Crippen molar-refractivity contribution in [1.29, 1.82) is 0 Å². The van der Waals surface area contributed by atoms with E-state index in [1.807, 2.05) is 41.1 Å². The second-order valence-electron chi connectivity index (χ2n) is 7.90. The highest BCUT2D eigenvalue weighted by Gasteiger charge is 2.27. The lowest BCUT2D eigenvalue weighted by Crippen LogP contribution is -2.45. The summed E-state index contributed by atoms with van der Waals surface area (Å²) in [5.74, 6) is -0.821. The second-order valence-corrected chi connectivity index (χ2v) is 8.31. The largest absolute Gasteiger partial charge is 0.480 e. The molecular formula is C20H30ClN3O3. The first kappa shape index (κ1) is 21.5. The van der Waals surface area contributed by atoms with Crippen LogP contribution in [0.5, 0.6) is 0 Å². The number of aliphatic carboxylic acids is 1. The lowest BCUT2D eigenvalue weighted by Gasteiger charge is -2.29. The molecule has 1 fully saturated rings. The molecule has 2 amide bonds. The van der Waals surface area contributed by atoms with E-state index in [0.717, 1.165) is 24.8 Å². The highest BCUT2D eigenvalue weighted by Crippen LogP contribution is 2.29. The predicted molar refractivity (Wildman–Crippen MR) is 107 cm³/mol. The topological polar surface area (TPSA) is 72.9 Å². The van der Waals surface area contributed by atoms with Crippen molar-refractivity contribution in [1.82, 2.24) is 15.1 Å². The molecule has 0 aromatic heterocycles. The number of carboxylic acid groups (broad SMARTS) is 1. The zero-order valence-electron chi connectivity index (χ0n) is 16.4. The number of carbonyl (C=O) groups excluding carboxylic acids is 1. The standard InChI is InChI=1S/C20H30ClN3O3/c1-20(2,16-8-4-5-9-17(16)21)14-22-19(27)24-11-6-7-15(10-12-24)23(3)13-18(25)26/h4-5,8-9,15H,6-7,10-14H2,1-3H3,(H,22,27)(H,25,26). The number of urea groups is 1. The van der Waals surface area contributed by atoms with Gasteiger partial charge in [-0.15, -0.1) is 0 Å². The van der Waals surface area contributed by atoms with Gasteiger partial charge in [-0.05, 0) is 37.9 Å². The summed E-state index contributed by atoms with van der Waals surface area (Å²) < 4.78 is 0. The molecule has 1 aromatic carbocycles. The molecule has 1 unspecified atom stereocenters. The number of hydrogen-bond donors (Lipinski definition) is 2. The minimum absolute atomic E-state index is 0.0306. The molecule has 0 saturated carbocycles. The number of carboxylic acids is 1. The number of halogens is 1. The number of rotatable bonds is 6. The van der Waals surface area contributed by atoms with Gasteiger partial charge in [0.15, 0.2) is 0 Å². The average molecular weight is 396 g/mol. The van der Waals surface area contributed by atoms with Gasteiger partial charge in [0.1, 0.15) is 0 Å². The van der Waals surface area contributed by atoms with Crippen LogP contribution >= 0.6 is 11.6 Å². The summed E-state index contributed by atoms with van der Waals surface area (Å²) in [5, 5.41) is 12.7. The van der Waals surface area contributed by atoms with Gasteiger partial charge in [0, 0.05) is 36.1 Å². The zero-order valence-corrected chi connectivity index (χ0v) is 17.1. The third-order valence-electron chi connectivity index (χ3n) is 5.28. The first-order chi connectivity index (χ1) is 12.7. The summed E-state index contributed by atoms with van der Waals surface area (Å²) >= 11 is 6.31. The van der Waals surface area contributed by atoms with E-state index in [2.05, 4.69) is 19.2 Å². The van der Waals surface area contributed by atoms with E-state index in [1.165, 1.54) is 0 Å². The number of likely N-dealkylation sites (tertiary alicyclic amines) is 1. The quantitative estimate of drug-likeness (QED) is 0.775. The number of nitrogens with zero attached hydrogens (tertiary/aromatic N) is 2. The Bertz CT molecular complexity index is 666. The maximum absolute atomic E-state index is 12.6. The minimum Gasteiger partial charge on any atom is -0.480 e. The van der Waals surface area contributed by atoms with E-state index in [1.54, 1.807) is 0 Å².